The molecule has 11 heteroatoms. The van der Waals surface area contributed by atoms with Gasteiger partial charge >= 0.3 is 12.2 Å². The van der Waals surface area contributed by atoms with Gasteiger partial charge in [-0.15, -0.1) is 0 Å². The van der Waals surface area contributed by atoms with Crippen molar-refractivity contribution in [3.8, 4) is 5.75 Å². The molecule has 0 radical (unpaired) electrons. The molecule has 1 fully saturated rings. The van der Waals surface area contributed by atoms with Gasteiger partial charge in [0.1, 0.15) is 11.9 Å². The Kier molecular flexibility index (Phi) is 6.36. The number of carbonyl (C=O) groups excluding carboxylic acids is 2. The van der Waals surface area contributed by atoms with Crippen molar-refractivity contribution >= 4 is 29.7 Å². The van der Waals surface area contributed by atoms with Gasteiger partial charge in [0.15, 0.2) is 18.2 Å². The molecule has 1 saturated heterocycles. The zero-order valence-corrected chi connectivity index (χ0v) is 17.0. The predicted octanol–water partition coefficient (Wildman–Crippen LogP) is 1.98. The first kappa shape index (κ1) is 21.4. The van der Waals surface area contributed by atoms with Gasteiger partial charge in [-0.25, -0.2) is 14.6 Å². The minimum Gasteiger partial charge on any atom is -0.480 e. The van der Waals surface area contributed by atoms with Crippen LogP contribution >= 0.6 is 0 Å². The summed E-state index contributed by atoms with van der Waals surface area (Å²) in [5.74, 6) is 0.422. The van der Waals surface area contributed by atoms with Gasteiger partial charge in [-0.2, -0.15) is 0 Å². The van der Waals surface area contributed by atoms with Crippen molar-refractivity contribution in [3.63, 3.8) is 0 Å². The van der Waals surface area contributed by atoms with Crippen LogP contribution in [0.4, 0.5) is 21.2 Å². The van der Waals surface area contributed by atoms with Gasteiger partial charge in [0.05, 0.1) is 19.3 Å². The van der Waals surface area contributed by atoms with Crippen LogP contribution in [0, 0.1) is 0 Å². The van der Waals surface area contributed by atoms with Gasteiger partial charge in [-0.3, -0.25) is 9.69 Å². The van der Waals surface area contributed by atoms with Crippen LogP contribution in [0.15, 0.2) is 42.5 Å². The highest BCUT2D eigenvalue weighted by Gasteiger charge is 2.43. The molecule has 2 aliphatic heterocycles. The number of carbonyl (C=O) groups is 3. The Morgan fingerprint density at radius 2 is 2.06 bits per heavy atom. The summed E-state index contributed by atoms with van der Waals surface area (Å²) >= 11 is 0. The molecule has 32 heavy (non-hydrogen) atoms. The minimum atomic E-state index is -1.22. The van der Waals surface area contributed by atoms with Gasteiger partial charge in [0, 0.05) is 13.0 Å². The fourth-order valence-corrected chi connectivity index (χ4v) is 3.55. The molecule has 0 spiro atoms. The Balaban J connectivity index is 1.46. The number of nitrogens with one attached hydrogen (secondary N) is 2. The van der Waals surface area contributed by atoms with E-state index in [2.05, 4.69) is 15.6 Å². The summed E-state index contributed by atoms with van der Waals surface area (Å²) in [6, 6.07) is 12.1. The quantitative estimate of drug-likeness (QED) is 0.528. The van der Waals surface area contributed by atoms with E-state index in [4.69, 9.17) is 19.3 Å². The van der Waals surface area contributed by atoms with E-state index < -0.39 is 24.3 Å². The van der Waals surface area contributed by atoms with E-state index in [9.17, 15) is 14.4 Å². The summed E-state index contributed by atoms with van der Waals surface area (Å²) < 4.78 is 16.5. The molecule has 1 aromatic carbocycles. The Hall–Kier alpha value is -3.86. The summed E-state index contributed by atoms with van der Waals surface area (Å²) in [6.07, 6.45) is -2.13. The zero-order chi connectivity index (χ0) is 22.5. The van der Waals surface area contributed by atoms with Crippen LogP contribution in [0.3, 0.4) is 0 Å². The second kappa shape index (κ2) is 9.52. The number of anilines is 2. The molecule has 0 aliphatic carbocycles. The van der Waals surface area contributed by atoms with Crippen molar-refractivity contribution in [2.75, 3.05) is 30.0 Å². The number of cyclic esters (lactones) is 1. The van der Waals surface area contributed by atoms with E-state index >= 15 is 0 Å². The van der Waals surface area contributed by atoms with Crippen LogP contribution in [0.1, 0.15) is 12.0 Å². The van der Waals surface area contributed by atoms with Crippen molar-refractivity contribution < 1.29 is 33.7 Å². The summed E-state index contributed by atoms with van der Waals surface area (Å²) in [7, 11) is 0. The highest BCUT2D eigenvalue weighted by Crippen LogP contribution is 2.32. The average molecular weight is 442 g/mol. The molecule has 0 bridgehead atoms. The average Bonchev–Trinajstić information content (AvgIpc) is 3.10. The summed E-state index contributed by atoms with van der Waals surface area (Å²) in [6.45, 7) is 0.545. The standard InChI is InChI=1S/C21H22N4O7/c26-18-12-31-16-6-7-17(23-19(16)24-18)25-14(10-22-20(27)28)15(32-21(25)29)8-9-30-11-13-4-2-1-3-5-13/h1-7,14-15,22H,8-12H2,(H,27,28)(H,23,24,26). The number of benzene rings is 1. The van der Waals surface area contributed by atoms with Crippen molar-refractivity contribution in [2.45, 2.75) is 25.2 Å². The van der Waals surface area contributed by atoms with Crippen molar-refractivity contribution in [3.05, 3.63) is 48.0 Å². The molecule has 2 unspecified atom stereocenters. The number of ether oxygens (including phenoxy) is 3. The summed E-state index contributed by atoms with van der Waals surface area (Å²) in [5.41, 5.74) is 1.02. The third-order valence-corrected chi connectivity index (χ3v) is 5.04. The van der Waals surface area contributed by atoms with Crippen LogP contribution in [0.25, 0.3) is 0 Å². The number of amides is 3. The Labute approximate surface area is 183 Å². The molecule has 3 N–H and O–H groups in total. The minimum absolute atomic E-state index is 0.0634. The maximum atomic E-state index is 12.7. The fourth-order valence-electron chi connectivity index (χ4n) is 3.55. The Morgan fingerprint density at radius 1 is 1.25 bits per heavy atom. The van der Waals surface area contributed by atoms with Crippen molar-refractivity contribution in [1.29, 1.82) is 0 Å². The smallest absolute Gasteiger partial charge is 0.416 e. The lowest BCUT2D eigenvalue weighted by Gasteiger charge is -2.25. The van der Waals surface area contributed by atoms with E-state index in [1.807, 2.05) is 30.3 Å². The van der Waals surface area contributed by atoms with E-state index in [1.54, 1.807) is 12.1 Å². The second-order valence-corrected chi connectivity index (χ2v) is 7.23. The molecule has 2 aromatic rings. The van der Waals surface area contributed by atoms with Crippen LogP contribution in [-0.4, -0.2) is 60.1 Å². The number of hydrogen-bond donors (Lipinski definition) is 3. The van der Waals surface area contributed by atoms with Gasteiger partial charge in [-0.05, 0) is 17.7 Å². The lowest BCUT2D eigenvalue weighted by molar-refractivity contribution is -0.118. The number of fused-ring (bicyclic) bond motifs is 1. The Bertz CT molecular complexity index is 1000. The first-order valence-electron chi connectivity index (χ1n) is 10.0. The topological polar surface area (TPSA) is 139 Å². The molecule has 11 nitrogen and oxygen atoms in total. The van der Waals surface area contributed by atoms with E-state index in [-0.39, 0.29) is 30.7 Å². The SMILES string of the molecule is O=C(O)NCC1C(CCOCc2ccccc2)OC(=O)N1c1ccc2c(n1)NC(=O)CO2. The third kappa shape index (κ3) is 4.89. The molecule has 2 aliphatic rings. The van der Waals surface area contributed by atoms with Gasteiger partial charge < -0.3 is 30.0 Å². The fraction of sp³-hybridized carbons (Fsp3) is 0.333. The molecule has 3 heterocycles. The lowest BCUT2D eigenvalue weighted by Crippen LogP contribution is -2.46. The van der Waals surface area contributed by atoms with Crippen LogP contribution in [0.5, 0.6) is 5.75 Å². The molecule has 3 amide bonds. The largest absolute Gasteiger partial charge is 0.480 e. The highest BCUT2D eigenvalue weighted by atomic mass is 16.6. The normalized spacial score (nSPS) is 19.6. The number of nitrogens with zero attached hydrogens (tertiary/aromatic N) is 2. The Morgan fingerprint density at radius 3 is 2.84 bits per heavy atom. The van der Waals surface area contributed by atoms with Gasteiger partial charge in [0.25, 0.3) is 5.91 Å². The molecule has 4 rings (SSSR count). The van der Waals surface area contributed by atoms with Crippen LogP contribution in [-0.2, 0) is 20.9 Å². The summed E-state index contributed by atoms with van der Waals surface area (Å²) in [5, 5.41) is 13.9. The van der Waals surface area contributed by atoms with E-state index in [0.29, 0.717) is 25.4 Å². The number of aromatic nitrogens is 1. The lowest BCUT2D eigenvalue weighted by atomic mass is 10.1. The van der Waals surface area contributed by atoms with Crippen molar-refractivity contribution in [1.82, 2.24) is 10.3 Å². The van der Waals surface area contributed by atoms with E-state index in [1.165, 1.54) is 4.90 Å². The number of hydrogen-bond acceptors (Lipinski definition) is 7. The highest BCUT2D eigenvalue weighted by molar-refractivity contribution is 5.95. The van der Waals surface area contributed by atoms with E-state index in [0.717, 1.165) is 5.56 Å². The molecule has 2 atom stereocenters. The first-order chi connectivity index (χ1) is 15.5. The molecule has 0 saturated carbocycles. The number of rotatable bonds is 8. The zero-order valence-electron chi connectivity index (χ0n) is 17.0. The third-order valence-electron chi connectivity index (χ3n) is 5.04. The monoisotopic (exact) mass is 442 g/mol. The first-order valence-corrected chi connectivity index (χ1v) is 10.0. The van der Waals surface area contributed by atoms with Gasteiger partial charge in [-0.1, -0.05) is 30.3 Å². The maximum Gasteiger partial charge on any atom is 0.416 e. The molecular formula is C21H22N4O7. The molecule has 1 aromatic heterocycles. The van der Waals surface area contributed by atoms with Crippen LogP contribution in [0.2, 0.25) is 0 Å². The van der Waals surface area contributed by atoms with Crippen LogP contribution < -0.4 is 20.3 Å². The number of pyridine rings is 1. The molecular weight excluding hydrogens is 420 g/mol. The second-order valence-electron chi connectivity index (χ2n) is 7.23. The number of carboxylic acid groups (broad SMARTS) is 1. The predicted molar refractivity (Wildman–Crippen MR) is 112 cm³/mol. The van der Waals surface area contributed by atoms with Crippen molar-refractivity contribution in [2.24, 2.45) is 0 Å². The summed E-state index contributed by atoms with van der Waals surface area (Å²) in [4.78, 5) is 40.9. The maximum absolute atomic E-state index is 12.7. The molecule has 168 valence electrons. The van der Waals surface area contributed by atoms with Gasteiger partial charge in [0.2, 0.25) is 0 Å².